The van der Waals surface area contributed by atoms with Crippen LogP contribution in [0.3, 0.4) is 0 Å². The van der Waals surface area contributed by atoms with E-state index in [1.165, 1.54) is 0 Å². The minimum Gasteiger partial charge on any atom is -0.598 e. The van der Waals surface area contributed by atoms with Gasteiger partial charge in [-0.3, -0.25) is 4.79 Å². The predicted molar refractivity (Wildman–Crippen MR) is 77.2 cm³/mol. The normalized spacial score (nSPS) is 14.9. The predicted octanol–water partition coefficient (Wildman–Crippen LogP) is 2.12. The number of carbonyl (C=O) groups is 1. The Kier molecular flexibility index (Phi) is 5.85. The minimum atomic E-state index is -1.27. The second-order valence-electron chi connectivity index (χ2n) is 5.48. The van der Waals surface area contributed by atoms with E-state index in [1.807, 2.05) is 51.1 Å². The van der Waals surface area contributed by atoms with Gasteiger partial charge in [-0.05, 0) is 32.8 Å². The number of carboxylic acid groups (broad SMARTS) is 1. The van der Waals surface area contributed by atoms with Crippen molar-refractivity contribution < 1.29 is 14.5 Å². The molecule has 2 N–H and O–H groups in total. The first-order chi connectivity index (χ1) is 8.79. The molecule has 0 spiro atoms. The molecule has 2 atom stereocenters. The Bertz CT molecular complexity index is 403. The van der Waals surface area contributed by atoms with Crippen molar-refractivity contribution in [1.82, 2.24) is 4.72 Å². The van der Waals surface area contributed by atoms with Gasteiger partial charge in [0.25, 0.3) is 0 Å². The highest BCUT2D eigenvalue weighted by Gasteiger charge is 2.30. The Balaban J connectivity index is 2.70. The second kappa shape index (κ2) is 6.93. The number of benzene rings is 1. The van der Waals surface area contributed by atoms with E-state index in [0.717, 1.165) is 5.56 Å². The fourth-order valence-corrected chi connectivity index (χ4v) is 2.42. The molecule has 0 aliphatic rings. The highest BCUT2D eigenvalue weighted by atomic mass is 32.2. The fraction of sp³-hybridized carbons (Fsp3) is 0.500. The summed E-state index contributed by atoms with van der Waals surface area (Å²) in [4.78, 5) is 10.9. The van der Waals surface area contributed by atoms with Gasteiger partial charge >= 0.3 is 5.97 Å². The summed E-state index contributed by atoms with van der Waals surface area (Å²) in [5.74, 6) is -0.889. The van der Waals surface area contributed by atoms with Crippen LogP contribution in [0.4, 0.5) is 0 Å². The zero-order chi connectivity index (χ0) is 14.5. The van der Waals surface area contributed by atoms with Crippen molar-refractivity contribution in [1.29, 1.82) is 0 Å². The van der Waals surface area contributed by atoms with Crippen molar-refractivity contribution in [2.24, 2.45) is 0 Å². The fourth-order valence-electron chi connectivity index (χ4n) is 1.59. The lowest BCUT2D eigenvalue weighted by atomic mass is 10.0. The first kappa shape index (κ1) is 16.0. The van der Waals surface area contributed by atoms with Crippen molar-refractivity contribution >= 4 is 17.3 Å². The molecule has 1 aromatic rings. The summed E-state index contributed by atoms with van der Waals surface area (Å²) in [5, 5.41) is 8.94. The summed E-state index contributed by atoms with van der Waals surface area (Å²) in [6, 6.07) is 9.28. The van der Waals surface area contributed by atoms with Gasteiger partial charge < -0.3 is 9.66 Å². The number of aliphatic carboxylic acids is 1. The maximum absolute atomic E-state index is 12.1. The summed E-state index contributed by atoms with van der Waals surface area (Å²) in [7, 11) is 0. The second-order valence-corrected chi connectivity index (χ2v) is 7.48. The van der Waals surface area contributed by atoms with Crippen molar-refractivity contribution in [3.8, 4) is 0 Å². The molecule has 0 aliphatic carbocycles. The number of hydrogen-bond donors (Lipinski definition) is 2. The molecule has 0 amide bonds. The van der Waals surface area contributed by atoms with Gasteiger partial charge in [0.05, 0.1) is 12.5 Å². The van der Waals surface area contributed by atoms with E-state index in [9.17, 15) is 9.35 Å². The van der Waals surface area contributed by atoms with Crippen LogP contribution in [-0.2, 0) is 22.6 Å². The van der Waals surface area contributed by atoms with Crippen LogP contribution in [0.15, 0.2) is 30.3 Å². The number of carboxylic acids is 1. The highest BCUT2D eigenvalue weighted by molar-refractivity contribution is 7.90. The van der Waals surface area contributed by atoms with Gasteiger partial charge in [-0.25, -0.2) is 0 Å². The smallest absolute Gasteiger partial charge is 0.305 e. The molecule has 0 fully saturated rings. The van der Waals surface area contributed by atoms with Gasteiger partial charge in [-0.15, -0.1) is 4.72 Å². The van der Waals surface area contributed by atoms with E-state index >= 15 is 0 Å². The SMILES string of the molecule is CC(C)(C)[S+]([O-])NC(CC(=O)O)Cc1ccccc1. The Labute approximate surface area is 117 Å². The van der Waals surface area contributed by atoms with E-state index in [1.54, 1.807) is 0 Å². The Hall–Kier alpha value is -1.04. The summed E-state index contributed by atoms with van der Waals surface area (Å²) in [6.45, 7) is 5.57. The van der Waals surface area contributed by atoms with Gasteiger partial charge in [0, 0.05) is 11.4 Å². The summed E-state index contributed by atoms with van der Waals surface area (Å²) < 4.78 is 14.6. The van der Waals surface area contributed by atoms with Crippen LogP contribution < -0.4 is 4.72 Å². The van der Waals surface area contributed by atoms with Crippen molar-refractivity contribution in [3.05, 3.63) is 35.9 Å². The quantitative estimate of drug-likeness (QED) is 0.784. The third kappa shape index (κ3) is 6.09. The molecule has 0 bridgehead atoms. The molecule has 0 aliphatic heterocycles. The average molecular weight is 283 g/mol. The number of hydrogen-bond acceptors (Lipinski definition) is 3. The lowest BCUT2D eigenvalue weighted by Crippen LogP contribution is -2.46. The largest absolute Gasteiger partial charge is 0.598 e. The Morgan fingerprint density at radius 1 is 1.37 bits per heavy atom. The van der Waals surface area contributed by atoms with Crippen LogP contribution in [0.5, 0.6) is 0 Å². The van der Waals surface area contributed by atoms with Crippen LogP contribution in [-0.4, -0.2) is 26.4 Å². The first-order valence-electron chi connectivity index (χ1n) is 6.23. The third-order valence-corrected chi connectivity index (χ3v) is 4.24. The highest BCUT2D eigenvalue weighted by Crippen LogP contribution is 2.16. The van der Waals surface area contributed by atoms with Gasteiger partial charge in [0.2, 0.25) is 0 Å². The van der Waals surface area contributed by atoms with Crippen LogP contribution in [0.1, 0.15) is 32.8 Å². The monoisotopic (exact) mass is 283 g/mol. The molecule has 0 aromatic heterocycles. The third-order valence-electron chi connectivity index (χ3n) is 2.58. The molecule has 0 saturated heterocycles. The molecule has 1 rings (SSSR count). The van der Waals surface area contributed by atoms with Gasteiger partial charge in [-0.2, -0.15) is 0 Å². The van der Waals surface area contributed by atoms with E-state index < -0.39 is 22.1 Å². The van der Waals surface area contributed by atoms with Gasteiger partial charge in [0.1, 0.15) is 4.75 Å². The van der Waals surface area contributed by atoms with E-state index in [4.69, 9.17) is 5.11 Å². The van der Waals surface area contributed by atoms with Crippen LogP contribution >= 0.6 is 0 Å². The molecule has 0 heterocycles. The molecule has 0 saturated carbocycles. The maximum atomic E-state index is 12.1. The van der Waals surface area contributed by atoms with Gasteiger partial charge in [-0.1, -0.05) is 30.3 Å². The molecule has 1 aromatic carbocycles. The minimum absolute atomic E-state index is 0.0449. The molecule has 106 valence electrons. The molecule has 5 heteroatoms. The average Bonchev–Trinajstić information content (AvgIpc) is 2.28. The van der Waals surface area contributed by atoms with Gasteiger partial charge in [0.15, 0.2) is 0 Å². The molecule has 19 heavy (non-hydrogen) atoms. The topological polar surface area (TPSA) is 72.4 Å². The van der Waals surface area contributed by atoms with E-state index in [0.29, 0.717) is 6.42 Å². The standard InChI is InChI=1S/C14H21NO3S/c1-14(2,3)19(18)15-12(10-13(16)17)9-11-7-5-4-6-8-11/h4-8,12,15H,9-10H2,1-3H3,(H,16,17). The zero-order valence-electron chi connectivity index (χ0n) is 11.6. The van der Waals surface area contributed by atoms with Crippen molar-refractivity contribution in [2.75, 3.05) is 0 Å². The Morgan fingerprint density at radius 3 is 2.42 bits per heavy atom. The summed E-state index contributed by atoms with van der Waals surface area (Å²) in [5.41, 5.74) is 1.03. The lowest BCUT2D eigenvalue weighted by Gasteiger charge is -2.27. The molecule has 2 unspecified atom stereocenters. The number of nitrogens with one attached hydrogen (secondary N) is 1. The lowest BCUT2D eigenvalue weighted by molar-refractivity contribution is -0.137. The summed E-state index contributed by atoms with van der Waals surface area (Å²) >= 11 is -1.27. The van der Waals surface area contributed by atoms with E-state index in [2.05, 4.69) is 4.72 Å². The van der Waals surface area contributed by atoms with Crippen molar-refractivity contribution in [2.45, 2.75) is 44.4 Å². The van der Waals surface area contributed by atoms with Crippen molar-refractivity contribution in [3.63, 3.8) is 0 Å². The van der Waals surface area contributed by atoms with E-state index in [-0.39, 0.29) is 12.5 Å². The summed E-state index contributed by atoms with van der Waals surface area (Å²) in [6.07, 6.45) is 0.506. The molecular weight excluding hydrogens is 262 g/mol. The van der Waals surface area contributed by atoms with Crippen LogP contribution in [0, 0.1) is 0 Å². The molecular formula is C14H21NO3S. The zero-order valence-corrected chi connectivity index (χ0v) is 12.4. The number of rotatable bonds is 6. The maximum Gasteiger partial charge on any atom is 0.305 e. The van der Waals surface area contributed by atoms with Crippen LogP contribution in [0.25, 0.3) is 0 Å². The van der Waals surface area contributed by atoms with Crippen LogP contribution in [0.2, 0.25) is 0 Å². The Morgan fingerprint density at radius 2 is 1.95 bits per heavy atom. The molecule has 4 nitrogen and oxygen atoms in total. The first-order valence-corrected chi connectivity index (χ1v) is 7.38. The molecule has 0 radical (unpaired) electrons.